The summed E-state index contributed by atoms with van der Waals surface area (Å²) in [5, 5.41) is 2.94. The molecule has 3 nitrogen and oxygen atoms in total. The van der Waals surface area contributed by atoms with Gasteiger partial charge in [-0.2, -0.15) is 13.2 Å². The Labute approximate surface area is 126 Å². The van der Waals surface area contributed by atoms with Crippen molar-refractivity contribution in [1.82, 2.24) is 5.32 Å². The summed E-state index contributed by atoms with van der Waals surface area (Å²) in [6.07, 6.45) is 0.186. The molecule has 1 aromatic rings. The Bertz CT molecular complexity index is 559. The Hall–Kier alpha value is -1.72. The second-order valence-corrected chi connectivity index (χ2v) is 6.16. The molecule has 6 heteroatoms. The number of fused-ring (bicyclic) bond motifs is 2. The summed E-state index contributed by atoms with van der Waals surface area (Å²) in [5.74, 6) is 1.06. The highest BCUT2D eigenvalue weighted by atomic mass is 19.4. The van der Waals surface area contributed by atoms with Gasteiger partial charge in [-0.1, -0.05) is 12.5 Å². The molecule has 0 aliphatic heterocycles. The van der Waals surface area contributed by atoms with Crippen LogP contribution in [-0.2, 0) is 11.0 Å². The van der Waals surface area contributed by atoms with E-state index in [1.807, 2.05) is 0 Å². The van der Waals surface area contributed by atoms with Gasteiger partial charge in [0.2, 0.25) is 0 Å². The summed E-state index contributed by atoms with van der Waals surface area (Å²) < 4.78 is 42.9. The monoisotopic (exact) mass is 313 g/mol. The topological polar surface area (TPSA) is 38.3 Å². The van der Waals surface area contributed by atoms with Crippen LogP contribution in [0.5, 0.6) is 5.75 Å². The maximum Gasteiger partial charge on any atom is 0.416 e. The highest BCUT2D eigenvalue weighted by molar-refractivity contribution is 5.78. The zero-order valence-corrected chi connectivity index (χ0v) is 12.0. The number of benzene rings is 1. The van der Waals surface area contributed by atoms with E-state index in [0.29, 0.717) is 5.92 Å². The predicted molar refractivity (Wildman–Crippen MR) is 74.3 cm³/mol. The lowest BCUT2D eigenvalue weighted by atomic mass is 9.95. The van der Waals surface area contributed by atoms with Gasteiger partial charge in [0.15, 0.2) is 6.61 Å². The fourth-order valence-corrected chi connectivity index (χ4v) is 3.58. The maximum atomic E-state index is 12.6. The van der Waals surface area contributed by atoms with E-state index < -0.39 is 11.7 Å². The van der Waals surface area contributed by atoms with Crippen LogP contribution in [0.15, 0.2) is 24.3 Å². The summed E-state index contributed by atoms with van der Waals surface area (Å²) in [5.41, 5.74) is -0.779. The number of ether oxygens (including phenoxy) is 1. The Balaban J connectivity index is 1.51. The van der Waals surface area contributed by atoms with Crippen molar-refractivity contribution >= 4 is 5.91 Å². The van der Waals surface area contributed by atoms with E-state index in [1.54, 1.807) is 0 Å². The van der Waals surface area contributed by atoms with E-state index in [4.69, 9.17) is 4.74 Å². The smallest absolute Gasteiger partial charge is 0.416 e. The first-order valence-electron chi connectivity index (χ1n) is 7.51. The van der Waals surface area contributed by atoms with Crippen LogP contribution in [0.2, 0.25) is 0 Å². The minimum absolute atomic E-state index is 0.0536. The Morgan fingerprint density at radius 2 is 2.09 bits per heavy atom. The first-order valence-corrected chi connectivity index (χ1v) is 7.51. The number of hydrogen-bond acceptors (Lipinski definition) is 2. The lowest BCUT2D eigenvalue weighted by molar-refractivity contribution is -0.137. The third-order valence-electron chi connectivity index (χ3n) is 4.62. The summed E-state index contributed by atoms with van der Waals surface area (Å²) in [7, 11) is 0. The van der Waals surface area contributed by atoms with Crippen LogP contribution < -0.4 is 10.1 Å². The van der Waals surface area contributed by atoms with E-state index in [-0.39, 0.29) is 24.3 Å². The average Bonchev–Trinajstić information content (AvgIpc) is 3.07. The van der Waals surface area contributed by atoms with Crippen molar-refractivity contribution in [1.29, 1.82) is 0 Å². The molecule has 2 aliphatic rings. The van der Waals surface area contributed by atoms with Crippen LogP contribution >= 0.6 is 0 Å². The van der Waals surface area contributed by atoms with Crippen LogP contribution in [0, 0.1) is 11.8 Å². The normalized spacial score (nSPS) is 27.0. The van der Waals surface area contributed by atoms with Crippen molar-refractivity contribution in [2.24, 2.45) is 11.8 Å². The second-order valence-electron chi connectivity index (χ2n) is 6.16. The fraction of sp³-hybridized carbons (Fsp3) is 0.562. The molecule has 0 spiro atoms. The van der Waals surface area contributed by atoms with Crippen LogP contribution in [-0.4, -0.2) is 18.6 Å². The third-order valence-corrected chi connectivity index (χ3v) is 4.62. The van der Waals surface area contributed by atoms with Crippen molar-refractivity contribution < 1.29 is 22.7 Å². The molecule has 3 atom stereocenters. The number of alkyl halides is 3. The molecule has 0 heterocycles. The second kappa shape index (κ2) is 5.82. The van der Waals surface area contributed by atoms with Crippen LogP contribution in [0.3, 0.4) is 0 Å². The van der Waals surface area contributed by atoms with Crippen molar-refractivity contribution in [3.05, 3.63) is 29.8 Å². The molecule has 0 aromatic heterocycles. The van der Waals surface area contributed by atoms with E-state index in [0.717, 1.165) is 30.9 Å². The minimum Gasteiger partial charge on any atom is -0.484 e. The number of carbonyl (C=O) groups excluding carboxylic acids is 1. The van der Waals surface area contributed by atoms with Gasteiger partial charge in [0.05, 0.1) is 5.56 Å². The first kappa shape index (κ1) is 15.2. The molecular formula is C16H18F3NO2. The molecule has 1 N–H and O–H groups in total. The number of carbonyl (C=O) groups is 1. The zero-order valence-electron chi connectivity index (χ0n) is 12.0. The van der Waals surface area contributed by atoms with Crippen molar-refractivity contribution in [3.8, 4) is 5.75 Å². The quantitative estimate of drug-likeness (QED) is 0.925. The first-order chi connectivity index (χ1) is 10.4. The Morgan fingerprint density at radius 3 is 2.73 bits per heavy atom. The van der Waals surface area contributed by atoms with Crippen molar-refractivity contribution in [3.63, 3.8) is 0 Å². The van der Waals surface area contributed by atoms with E-state index in [2.05, 4.69) is 5.32 Å². The molecule has 2 bridgehead atoms. The van der Waals surface area contributed by atoms with E-state index in [9.17, 15) is 18.0 Å². The molecule has 120 valence electrons. The lowest BCUT2D eigenvalue weighted by Crippen LogP contribution is -2.40. The van der Waals surface area contributed by atoms with Gasteiger partial charge < -0.3 is 10.1 Å². The molecule has 3 rings (SSSR count). The van der Waals surface area contributed by atoms with Gasteiger partial charge in [0.25, 0.3) is 5.91 Å². The molecule has 22 heavy (non-hydrogen) atoms. The summed E-state index contributed by atoms with van der Waals surface area (Å²) in [4.78, 5) is 11.9. The van der Waals surface area contributed by atoms with Gasteiger partial charge in [0, 0.05) is 6.04 Å². The van der Waals surface area contributed by atoms with Gasteiger partial charge in [-0.25, -0.2) is 0 Å². The SMILES string of the molecule is O=C(COc1cccc(C(F)(F)F)c1)N[C@@H]1C[C@@H]2CC[C@@H]1C2. The molecule has 1 amide bonds. The van der Waals surface area contributed by atoms with Crippen molar-refractivity contribution in [2.45, 2.75) is 37.9 Å². The number of nitrogens with one attached hydrogen (secondary N) is 1. The number of rotatable bonds is 4. The summed E-state index contributed by atoms with van der Waals surface area (Å²) in [6.45, 7) is -0.255. The van der Waals surface area contributed by atoms with Crippen molar-refractivity contribution in [2.75, 3.05) is 6.61 Å². The Kier molecular flexibility index (Phi) is 4.02. The van der Waals surface area contributed by atoms with Gasteiger partial charge in [0.1, 0.15) is 5.75 Å². The van der Waals surface area contributed by atoms with E-state index in [1.165, 1.54) is 25.0 Å². The molecule has 2 saturated carbocycles. The average molecular weight is 313 g/mol. The van der Waals surface area contributed by atoms with Gasteiger partial charge >= 0.3 is 6.18 Å². The highest BCUT2D eigenvalue weighted by Gasteiger charge is 2.40. The molecule has 1 aromatic carbocycles. The highest BCUT2D eigenvalue weighted by Crippen LogP contribution is 2.44. The van der Waals surface area contributed by atoms with Gasteiger partial charge in [-0.3, -0.25) is 4.79 Å². The zero-order chi connectivity index (χ0) is 15.7. The third kappa shape index (κ3) is 3.36. The van der Waals surface area contributed by atoms with Gasteiger partial charge in [-0.05, 0) is 49.3 Å². The van der Waals surface area contributed by atoms with Crippen LogP contribution in [0.4, 0.5) is 13.2 Å². The fourth-order valence-electron chi connectivity index (χ4n) is 3.58. The standard InChI is InChI=1S/C16H18F3NO2/c17-16(18,19)12-2-1-3-13(8-12)22-9-15(21)20-14-7-10-4-5-11(14)6-10/h1-3,8,10-11,14H,4-7,9H2,(H,20,21)/t10-,11-,14-/m1/s1. The molecule has 0 saturated heterocycles. The summed E-state index contributed by atoms with van der Waals surface area (Å²) in [6, 6.07) is 4.77. The lowest BCUT2D eigenvalue weighted by Gasteiger charge is -2.22. The van der Waals surface area contributed by atoms with E-state index >= 15 is 0 Å². The molecule has 0 unspecified atom stereocenters. The largest absolute Gasteiger partial charge is 0.484 e. The molecule has 2 fully saturated rings. The molecule has 0 radical (unpaired) electrons. The molecular weight excluding hydrogens is 295 g/mol. The van der Waals surface area contributed by atoms with Crippen LogP contribution in [0.1, 0.15) is 31.2 Å². The maximum absolute atomic E-state index is 12.6. The summed E-state index contributed by atoms with van der Waals surface area (Å²) >= 11 is 0. The Morgan fingerprint density at radius 1 is 1.27 bits per heavy atom. The predicted octanol–water partition coefficient (Wildman–Crippen LogP) is 3.39. The number of hydrogen-bond donors (Lipinski definition) is 1. The van der Waals surface area contributed by atoms with Gasteiger partial charge in [-0.15, -0.1) is 0 Å². The molecule has 2 aliphatic carbocycles. The van der Waals surface area contributed by atoms with Crippen LogP contribution in [0.25, 0.3) is 0 Å². The number of halogens is 3. The number of amides is 1. The minimum atomic E-state index is -4.41.